The van der Waals surface area contributed by atoms with Crippen LogP contribution in [0.1, 0.15) is 111 Å². The van der Waals surface area contributed by atoms with Crippen LogP contribution in [0, 0.1) is 47.3 Å². The molecular weight excluding hydrogens is 748 g/mol. The highest BCUT2D eigenvalue weighted by Crippen LogP contribution is 2.46. The van der Waals surface area contributed by atoms with E-state index in [9.17, 15) is 37.8 Å². The van der Waals surface area contributed by atoms with Crippen molar-refractivity contribution in [1.29, 1.82) is 0 Å². The van der Waals surface area contributed by atoms with Gasteiger partial charge in [-0.3, -0.25) is 18.3 Å². The maximum atomic E-state index is 11.4. The Hall–Kier alpha value is 0.600. The minimum absolute atomic E-state index is 0.324. The summed E-state index contributed by atoms with van der Waals surface area (Å²) in [6.07, 6.45) is 1.26. The second-order valence-electron chi connectivity index (χ2n) is 17.5. The van der Waals surface area contributed by atoms with Crippen molar-refractivity contribution in [2.45, 2.75) is 123 Å². The summed E-state index contributed by atoms with van der Waals surface area (Å²) in [4.78, 5) is 37.6. The summed E-state index contributed by atoms with van der Waals surface area (Å²) in [5.74, 6) is 2.59. The van der Waals surface area contributed by atoms with Gasteiger partial charge in [0, 0.05) is 49.3 Å². The quantitative estimate of drug-likeness (QED) is 0.0580. The normalized spacial score (nSPS) is 13.8. The Balaban J connectivity index is -0.000000178. The third-order valence-corrected chi connectivity index (χ3v) is 16.4. The fourth-order valence-electron chi connectivity index (χ4n) is 5.11. The van der Waals surface area contributed by atoms with E-state index in [2.05, 4.69) is 0 Å². The van der Waals surface area contributed by atoms with Gasteiger partial charge in [-0.25, -0.2) is 0 Å². The molecule has 0 heterocycles. The summed E-state index contributed by atoms with van der Waals surface area (Å²) in [5, 5.41) is 33.2. The van der Waals surface area contributed by atoms with Crippen LogP contribution in [0.25, 0.3) is 0 Å². The summed E-state index contributed by atoms with van der Waals surface area (Å²) in [5.41, 5.74) is 0. The molecule has 0 radical (unpaired) electrons. The molecule has 16 heteroatoms. The summed E-state index contributed by atoms with van der Waals surface area (Å²) >= 11 is 0. The minimum Gasteiger partial charge on any atom is -0.394 e. The molecule has 8 N–H and O–H groups in total. The lowest BCUT2D eigenvalue weighted by atomic mass is 10.2. The molecule has 0 aromatic heterocycles. The van der Waals surface area contributed by atoms with Crippen molar-refractivity contribution in [1.82, 2.24) is 0 Å². The third kappa shape index (κ3) is 52.7. The van der Waals surface area contributed by atoms with E-state index in [-0.39, 0.29) is 0 Å². The third-order valence-electron chi connectivity index (χ3n) is 6.02. The van der Waals surface area contributed by atoms with Crippen molar-refractivity contribution < 1.29 is 58.3 Å². The molecule has 322 valence electrons. The minimum atomic E-state index is -2.80. The largest absolute Gasteiger partial charge is 0.394 e. The summed E-state index contributed by atoms with van der Waals surface area (Å²) in [6, 6.07) is 0. The van der Waals surface area contributed by atoms with Crippen molar-refractivity contribution in [2.24, 2.45) is 47.3 Å². The number of hydrogen-bond donors (Lipinski definition) is 8. The molecule has 0 fully saturated rings. The monoisotopic (exact) mass is 835 g/mol. The van der Waals surface area contributed by atoms with Gasteiger partial charge in [-0.05, 0) is 47.3 Å². The van der Waals surface area contributed by atoms with E-state index in [1.54, 1.807) is 0 Å². The van der Waals surface area contributed by atoms with Gasteiger partial charge in [0.2, 0.25) is 29.5 Å². The van der Waals surface area contributed by atoms with E-state index in [1.165, 1.54) is 0 Å². The van der Waals surface area contributed by atoms with Gasteiger partial charge in [0.25, 0.3) is 0 Å². The highest BCUT2D eigenvalue weighted by molar-refractivity contribution is 7.58. The van der Waals surface area contributed by atoms with Crippen molar-refractivity contribution in [3.8, 4) is 0 Å². The first-order chi connectivity index (χ1) is 23.1. The first-order valence-corrected chi connectivity index (χ1v) is 27.0. The fraction of sp³-hybridized carbons (Fsp3) is 1.00. The van der Waals surface area contributed by atoms with Crippen LogP contribution in [0.15, 0.2) is 0 Å². The van der Waals surface area contributed by atoms with Gasteiger partial charge >= 0.3 is 0 Å². The molecule has 0 aliphatic heterocycles. The average molecular weight is 835 g/mol. The van der Waals surface area contributed by atoms with Crippen LogP contribution in [0.4, 0.5) is 0 Å². The molecule has 2 unspecified atom stereocenters. The van der Waals surface area contributed by atoms with Gasteiger partial charge in [0.1, 0.15) is 12.2 Å². The van der Waals surface area contributed by atoms with Crippen molar-refractivity contribution in [2.75, 3.05) is 62.5 Å². The van der Waals surface area contributed by atoms with Gasteiger partial charge in [-0.1, -0.05) is 111 Å². The topological polar surface area (TPSA) is 230 Å². The maximum Gasteiger partial charge on any atom is 0.201 e. The molecule has 0 spiro atoms. The molecule has 12 nitrogen and oxygen atoms in total. The zero-order valence-corrected chi connectivity index (χ0v) is 39.4. The Morgan fingerprint density at radius 2 is 0.404 bits per heavy atom. The van der Waals surface area contributed by atoms with Crippen LogP contribution in [0.2, 0.25) is 0 Å². The Kier molecular flexibility index (Phi) is 37.6. The smallest absolute Gasteiger partial charge is 0.201 e. The van der Waals surface area contributed by atoms with E-state index >= 15 is 0 Å². The van der Waals surface area contributed by atoms with Crippen LogP contribution in [0.5, 0.6) is 0 Å². The standard InChI is InChI=1S/4C8H19O2P.C4H10O4/c4*1-7(2)5-11(9,10)6-8(3)4;5-1-3(7)4(8)2-6/h4*7-8H,5-6H2,1-4H3,(H,9,10);3-8H,1-2H2. The van der Waals surface area contributed by atoms with E-state index in [0.29, 0.717) is 96.6 Å². The lowest BCUT2D eigenvalue weighted by Gasteiger charge is -2.15. The zero-order chi connectivity index (χ0) is 42.8. The Morgan fingerprint density at radius 3 is 0.462 bits per heavy atom. The second-order valence-corrected chi connectivity index (χ2v) is 27.2. The van der Waals surface area contributed by atoms with Crippen molar-refractivity contribution in [3.05, 3.63) is 0 Å². The maximum absolute atomic E-state index is 11.4. The SMILES string of the molecule is CC(C)CP(=O)(O)CC(C)C.CC(C)CP(=O)(O)CC(C)C.CC(C)CP(=O)(O)CC(C)C.CC(C)CP(=O)(O)CC(C)C.OCC(O)C(O)CO. The first-order valence-electron chi connectivity index (χ1n) is 18.9. The average Bonchev–Trinajstić information content (AvgIpc) is 2.82. The molecule has 0 saturated carbocycles. The molecule has 0 aliphatic carbocycles. The van der Waals surface area contributed by atoms with Gasteiger partial charge < -0.3 is 40.0 Å². The molecule has 2 atom stereocenters. The molecule has 0 aromatic carbocycles. The molecule has 0 aliphatic rings. The number of aliphatic hydroxyl groups excluding tert-OH is 4. The highest BCUT2D eigenvalue weighted by Gasteiger charge is 2.23. The zero-order valence-electron chi connectivity index (χ0n) is 35.8. The summed E-state index contributed by atoms with van der Waals surface area (Å²) in [6.45, 7) is 30.6. The van der Waals surface area contributed by atoms with Gasteiger partial charge in [-0.2, -0.15) is 0 Å². The number of aliphatic hydroxyl groups is 4. The van der Waals surface area contributed by atoms with Gasteiger partial charge in [0.05, 0.1) is 13.2 Å². The molecule has 0 amide bonds. The first kappa shape index (κ1) is 61.8. The lowest BCUT2D eigenvalue weighted by Crippen LogP contribution is -2.31. The molecule has 0 aromatic rings. The van der Waals surface area contributed by atoms with Crippen LogP contribution < -0.4 is 0 Å². The summed E-state index contributed by atoms with van der Waals surface area (Å²) in [7, 11) is -11.2. The van der Waals surface area contributed by atoms with Crippen molar-refractivity contribution >= 4 is 29.5 Å². The van der Waals surface area contributed by atoms with E-state index in [0.717, 1.165) is 0 Å². The predicted molar refractivity (Wildman–Crippen MR) is 223 cm³/mol. The number of rotatable bonds is 19. The molecule has 0 rings (SSSR count). The Labute approximate surface area is 319 Å². The van der Waals surface area contributed by atoms with Crippen LogP contribution in [-0.4, -0.2) is 115 Å². The molecule has 0 saturated heterocycles. The van der Waals surface area contributed by atoms with Crippen molar-refractivity contribution in [3.63, 3.8) is 0 Å². The van der Waals surface area contributed by atoms with Gasteiger partial charge in [0.15, 0.2) is 0 Å². The van der Waals surface area contributed by atoms with E-state index < -0.39 is 54.9 Å². The van der Waals surface area contributed by atoms with Crippen LogP contribution >= 0.6 is 29.5 Å². The van der Waals surface area contributed by atoms with Crippen LogP contribution in [0.3, 0.4) is 0 Å². The van der Waals surface area contributed by atoms with Gasteiger partial charge in [-0.15, -0.1) is 0 Å². The van der Waals surface area contributed by atoms with E-state index in [4.69, 9.17) is 20.4 Å². The molecule has 52 heavy (non-hydrogen) atoms. The molecular formula is C36H86O12P4. The van der Waals surface area contributed by atoms with Crippen LogP contribution in [-0.2, 0) is 18.3 Å². The molecule has 0 bridgehead atoms. The predicted octanol–water partition coefficient (Wildman–Crippen LogP) is 7.97. The Bertz CT molecular complexity index is 823. The Morgan fingerprint density at radius 1 is 0.308 bits per heavy atom. The fourth-order valence-corrected chi connectivity index (χ4v) is 14.8. The number of hydrogen-bond acceptors (Lipinski definition) is 8. The lowest BCUT2D eigenvalue weighted by molar-refractivity contribution is -0.0388. The summed E-state index contributed by atoms with van der Waals surface area (Å²) < 4.78 is 45.6. The van der Waals surface area contributed by atoms with E-state index in [1.807, 2.05) is 111 Å². The highest BCUT2D eigenvalue weighted by atomic mass is 31.2. The second kappa shape index (κ2) is 31.7.